The first-order valence-corrected chi connectivity index (χ1v) is 7.10. The monoisotopic (exact) mass is 295 g/mol. The van der Waals surface area contributed by atoms with Gasteiger partial charge < -0.3 is 5.32 Å². The molecule has 0 saturated heterocycles. The summed E-state index contributed by atoms with van der Waals surface area (Å²) in [5.41, 5.74) is 2.73. The van der Waals surface area contributed by atoms with Crippen molar-refractivity contribution in [2.45, 2.75) is 33.4 Å². The molecule has 3 nitrogen and oxygen atoms in total. The molecule has 0 aliphatic rings. The Balaban J connectivity index is 1.76. The van der Waals surface area contributed by atoms with Gasteiger partial charge in [-0.1, -0.05) is 17.7 Å². The summed E-state index contributed by atoms with van der Waals surface area (Å²) in [6.45, 7) is 6.14. The molecule has 1 N–H and O–H groups in total. The molecule has 0 amide bonds. The Labute approximate surface area is 123 Å². The van der Waals surface area contributed by atoms with Crippen LogP contribution in [0.2, 0.25) is 5.02 Å². The molecule has 0 saturated carbocycles. The van der Waals surface area contributed by atoms with Crippen LogP contribution in [-0.2, 0) is 13.1 Å². The number of nitrogens with zero attached hydrogens (tertiary/aromatic N) is 2. The second-order valence-electron chi connectivity index (χ2n) is 4.88. The summed E-state index contributed by atoms with van der Waals surface area (Å²) >= 11 is 5.97. The summed E-state index contributed by atoms with van der Waals surface area (Å²) in [7, 11) is 0. The van der Waals surface area contributed by atoms with Gasteiger partial charge in [0.15, 0.2) is 0 Å². The molecule has 0 atom stereocenters. The lowest BCUT2D eigenvalue weighted by atomic mass is 10.2. The van der Waals surface area contributed by atoms with Gasteiger partial charge in [-0.3, -0.25) is 4.68 Å². The molecule has 5 heteroatoms. The van der Waals surface area contributed by atoms with Crippen LogP contribution in [0.15, 0.2) is 24.3 Å². The molecule has 1 aromatic heterocycles. The Kier molecular flexibility index (Phi) is 5.15. The van der Waals surface area contributed by atoms with Crippen molar-refractivity contribution < 1.29 is 4.39 Å². The molecule has 0 aliphatic heterocycles. The van der Waals surface area contributed by atoms with Gasteiger partial charge in [-0.2, -0.15) is 5.10 Å². The third-order valence-electron chi connectivity index (χ3n) is 3.19. The van der Waals surface area contributed by atoms with Gasteiger partial charge in [0, 0.05) is 29.4 Å². The third kappa shape index (κ3) is 3.81. The summed E-state index contributed by atoms with van der Waals surface area (Å²) in [6, 6.07) is 6.81. The van der Waals surface area contributed by atoms with Crippen molar-refractivity contribution in [3.8, 4) is 0 Å². The zero-order valence-corrected chi connectivity index (χ0v) is 12.5. The Bertz CT molecular complexity index is 560. The molecule has 20 heavy (non-hydrogen) atoms. The first-order chi connectivity index (χ1) is 9.58. The van der Waals surface area contributed by atoms with Crippen LogP contribution in [0, 0.1) is 19.7 Å². The highest BCUT2D eigenvalue weighted by atomic mass is 35.5. The smallest absolute Gasteiger partial charge is 0.129 e. The van der Waals surface area contributed by atoms with Crippen molar-refractivity contribution in [1.82, 2.24) is 15.1 Å². The predicted molar refractivity (Wildman–Crippen MR) is 79.4 cm³/mol. The van der Waals surface area contributed by atoms with Gasteiger partial charge in [0.25, 0.3) is 0 Å². The fourth-order valence-electron chi connectivity index (χ4n) is 2.17. The van der Waals surface area contributed by atoms with Crippen LogP contribution in [0.1, 0.15) is 23.4 Å². The van der Waals surface area contributed by atoms with Crippen molar-refractivity contribution >= 4 is 11.6 Å². The van der Waals surface area contributed by atoms with Crippen molar-refractivity contribution in [3.05, 3.63) is 52.1 Å². The van der Waals surface area contributed by atoms with E-state index in [0.717, 1.165) is 25.2 Å². The van der Waals surface area contributed by atoms with Crippen LogP contribution in [0.5, 0.6) is 0 Å². The molecule has 0 bridgehead atoms. The van der Waals surface area contributed by atoms with E-state index in [4.69, 9.17) is 11.6 Å². The number of hydrogen-bond donors (Lipinski definition) is 1. The number of benzene rings is 1. The number of hydrogen-bond acceptors (Lipinski definition) is 2. The standard InChI is InChI=1S/C15H19ClFN3/c1-11-9-12(2)20(19-11)8-4-7-18-10-13-14(16)5-3-6-15(13)17/h3,5-6,9,18H,4,7-8,10H2,1-2H3. The normalized spacial score (nSPS) is 11.0. The Morgan fingerprint density at radius 1 is 1.35 bits per heavy atom. The average molecular weight is 296 g/mol. The summed E-state index contributed by atoms with van der Waals surface area (Å²) in [6.07, 6.45) is 0.939. The van der Waals surface area contributed by atoms with Gasteiger partial charge in [-0.25, -0.2) is 4.39 Å². The first-order valence-electron chi connectivity index (χ1n) is 6.72. The maximum Gasteiger partial charge on any atom is 0.129 e. The molecule has 2 aromatic rings. The molecule has 0 spiro atoms. The number of nitrogens with one attached hydrogen (secondary N) is 1. The second-order valence-corrected chi connectivity index (χ2v) is 5.29. The molecular formula is C15H19ClFN3. The molecule has 1 heterocycles. The van der Waals surface area contributed by atoms with Crippen LogP contribution in [-0.4, -0.2) is 16.3 Å². The van der Waals surface area contributed by atoms with Gasteiger partial charge in [0.1, 0.15) is 5.82 Å². The lowest BCUT2D eigenvalue weighted by molar-refractivity contribution is 0.525. The fraction of sp³-hybridized carbons (Fsp3) is 0.400. The van der Waals surface area contributed by atoms with E-state index in [1.165, 1.54) is 11.8 Å². The third-order valence-corrected chi connectivity index (χ3v) is 3.54. The fourth-order valence-corrected chi connectivity index (χ4v) is 2.40. The predicted octanol–water partition coefficient (Wildman–Crippen LogP) is 3.47. The highest BCUT2D eigenvalue weighted by Gasteiger charge is 2.06. The van der Waals surface area contributed by atoms with Gasteiger partial charge in [-0.05, 0) is 45.0 Å². The second kappa shape index (κ2) is 6.86. The minimum absolute atomic E-state index is 0.261. The minimum atomic E-state index is -0.261. The summed E-state index contributed by atoms with van der Waals surface area (Å²) in [4.78, 5) is 0. The van der Waals surface area contributed by atoms with Crippen molar-refractivity contribution in [1.29, 1.82) is 0 Å². The molecule has 0 unspecified atom stereocenters. The van der Waals surface area contributed by atoms with Crippen molar-refractivity contribution in [2.24, 2.45) is 0 Å². The van der Waals surface area contributed by atoms with Crippen LogP contribution >= 0.6 is 11.6 Å². The van der Waals surface area contributed by atoms with E-state index in [1.54, 1.807) is 12.1 Å². The van der Waals surface area contributed by atoms with E-state index >= 15 is 0 Å². The zero-order chi connectivity index (χ0) is 14.5. The quantitative estimate of drug-likeness (QED) is 0.827. The van der Waals surface area contributed by atoms with E-state index in [2.05, 4.69) is 16.5 Å². The van der Waals surface area contributed by atoms with Gasteiger partial charge in [0.05, 0.1) is 5.69 Å². The van der Waals surface area contributed by atoms with E-state index in [9.17, 15) is 4.39 Å². The Morgan fingerprint density at radius 3 is 2.80 bits per heavy atom. The van der Waals surface area contributed by atoms with Gasteiger partial charge in [-0.15, -0.1) is 0 Å². The topological polar surface area (TPSA) is 29.9 Å². The SMILES string of the molecule is Cc1cc(C)n(CCCNCc2c(F)cccc2Cl)n1. The summed E-state index contributed by atoms with van der Waals surface area (Å²) < 4.78 is 15.5. The maximum absolute atomic E-state index is 13.5. The molecular weight excluding hydrogens is 277 g/mol. The molecule has 0 radical (unpaired) electrons. The van der Waals surface area contributed by atoms with Crippen molar-refractivity contribution in [2.75, 3.05) is 6.54 Å². The van der Waals surface area contributed by atoms with Gasteiger partial charge in [0.2, 0.25) is 0 Å². The average Bonchev–Trinajstić information content (AvgIpc) is 2.71. The Hall–Kier alpha value is -1.39. The largest absolute Gasteiger partial charge is 0.312 e. The lowest BCUT2D eigenvalue weighted by Crippen LogP contribution is -2.18. The summed E-state index contributed by atoms with van der Waals surface area (Å²) in [5.74, 6) is -0.261. The molecule has 0 fully saturated rings. The highest BCUT2D eigenvalue weighted by Crippen LogP contribution is 2.18. The zero-order valence-electron chi connectivity index (χ0n) is 11.8. The molecule has 2 rings (SSSR count). The first kappa shape index (κ1) is 15.0. The number of halogens is 2. The maximum atomic E-state index is 13.5. The molecule has 0 aliphatic carbocycles. The summed E-state index contributed by atoms with van der Waals surface area (Å²) in [5, 5.41) is 8.08. The van der Waals surface area contributed by atoms with Crippen LogP contribution in [0.25, 0.3) is 0 Å². The van der Waals surface area contributed by atoms with E-state index in [1.807, 2.05) is 18.5 Å². The van der Waals surface area contributed by atoms with Crippen LogP contribution < -0.4 is 5.32 Å². The van der Waals surface area contributed by atoms with E-state index < -0.39 is 0 Å². The lowest BCUT2D eigenvalue weighted by Gasteiger charge is -2.08. The van der Waals surface area contributed by atoms with Gasteiger partial charge >= 0.3 is 0 Å². The number of rotatable bonds is 6. The van der Waals surface area contributed by atoms with Crippen LogP contribution in [0.3, 0.4) is 0 Å². The van der Waals surface area contributed by atoms with Crippen LogP contribution in [0.4, 0.5) is 4.39 Å². The number of aromatic nitrogens is 2. The van der Waals surface area contributed by atoms with E-state index in [-0.39, 0.29) is 5.82 Å². The van der Waals surface area contributed by atoms with Crippen molar-refractivity contribution in [3.63, 3.8) is 0 Å². The highest BCUT2D eigenvalue weighted by molar-refractivity contribution is 6.31. The molecule has 1 aromatic carbocycles. The molecule has 108 valence electrons. The number of aryl methyl sites for hydroxylation is 3. The Morgan fingerprint density at radius 2 is 2.15 bits per heavy atom. The van der Waals surface area contributed by atoms with E-state index in [0.29, 0.717) is 17.1 Å². The minimum Gasteiger partial charge on any atom is -0.312 e.